The van der Waals surface area contributed by atoms with Crippen molar-refractivity contribution in [3.63, 3.8) is 0 Å². The van der Waals surface area contributed by atoms with Crippen LogP contribution in [0.15, 0.2) is 39.5 Å². The maximum Gasteiger partial charge on any atom is 0.274 e. The average Bonchev–Trinajstić information content (AvgIpc) is 3.07. The fourth-order valence-corrected chi connectivity index (χ4v) is 2.38. The van der Waals surface area contributed by atoms with Crippen LogP contribution in [0.2, 0.25) is 0 Å². The quantitative estimate of drug-likeness (QED) is 0.778. The van der Waals surface area contributed by atoms with Gasteiger partial charge in [0, 0.05) is 16.2 Å². The molecule has 20 heavy (non-hydrogen) atoms. The maximum atomic E-state index is 8.80. The Kier molecular flexibility index (Phi) is 3.12. The molecule has 0 atom stereocenters. The molecule has 5 nitrogen and oxygen atoms in total. The van der Waals surface area contributed by atoms with E-state index in [4.69, 9.17) is 9.78 Å². The number of rotatable bonds is 2. The van der Waals surface area contributed by atoms with E-state index in [9.17, 15) is 0 Å². The topological polar surface area (TPSA) is 78.5 Å². The number of H-pyrrole nitrogens is 1. The van der Waals surface area contributed by atoms with E-state index in [1.165, 1.54) is 0 Å². The van der Waals surface area contributed by atoms with Crippen LogP contribution in [-0.4, -0.2) is 15.1 Å². The fraction of sp³-hybridized carbons (Fsp3) is 0.0714. The van der Waals surface area contributed by atoms with E-state index in [1.54, 1.807) is 12.3 Å². The van der Waals surface area contributed by atoms with Gasteiger partial charge in [0.1, 0.15) is 11.8 Å². The normalized spacial score (nSPS) is 10.4. The van der Waals surface area contributed by atoms with Crippen LogP contribution in [0.25, 0.3) is 23.0 Å². The number of aryl methyl sites for hydroxylation is 1. The number of nitrogens with one attached hydrogen (secondary N) is 1. The number of aromatic nitrogens is 3. The second kappa shape index (κ2) is 4.94. The molecule has 0 saturated heterocycles. The second-order valence-corrected chi connectivity index (χ2v) is 5.21. The Hall–Kier alpha value is -2.39. The summed E-state index contributed by atoms with van der Waals surface area (Å²) in [6.45, 7) is 1.98. The molecule has 3 rings (SSSR count). The van der Waals surface area contributed by atoms with Crippen molar-refractivity contribution < 1.29 is 4.52 Å². The first kappa shape index (κ1) is 12.6. The summed E-state index contributed by atoms with van der Waals surface area (Å²) in [5.41, 5.74) is 3.13. The summed E-state index contributed by atoms with van der Waals surface area (Å²) in [6, 6.07) is 9.58. The molecule has 0 unspecified atom stereocenters. The molecule has 0 saturated carbocycles. The zero-order chi connectivity index (χ0) is 14.1. The summed E-state index contributed by atoms with van der Waals surface area (Å²) >= 11 is 3.42. The molecular weight excluding hydrogens is 320 g/mol. The van der Waals surface area contributed by atoms with Gasteiger partial charge in [0.25, 0.3) is 5.89 Å². The lowest BCUT2D eigenvalue weighted by Gasteiger charge is -2.00. The Labute approximate surface area is 123 Å². The average molecular weight is 329 g/mol. The van der Waals surface area contributed by atoms with Crippen molar-refractivity contribution in [3.8, 4) is 29.0 Å². The van der Waals surface area contributed by atoms with Crippen molar-refractivity contribution in [1.29, 1.82) is 5.26 Å². The molecule has 0 bridgehead atoms. The van der Waals surface area contributed by atoms with Gasteiger partial charge >= 0.3 is 0 Å². The van der Waals surface area contributed by atoms with Crippen molar-refractivity contribution in [3.05, 3.63) is 46.1 Å². The standard InChI is InChI=1S/C14H9BrN4O/c1-8-4-10(15)2-3-11(8)13-18-14(20-19-13)12-5-9(6-16)7-17-12/h2-5,7,17H,1H3. The van der Waals surface area contributed by atoms with Gasteiger partial charge in [0.2, 0.25) is 5.82 Å². The van der Waals surface area contributed by atoms with Crippen molar-refractivity contribution in [2.45, 2.75) is 6.92 Å². The monoisotopic (exact) mass is 328 g/mol. The minimum atomic E-state index is 0.365. The molecule has 0 aliphatic heterocycles. The number of nitrogens with zero attached hydrogens (tertiary/aromatic N) is 3. The highest BCUT2D eigenvalue weighted by Gasteiger charge is 2.13. The van der Waals surface area contributed by atoms with Crippen molar-refractivity contribution in [1.82, 2.24) is 15.1 Å². The number of aromatic amines is 1. The Bertz CT molecular complexity index is 813. The molecule has 0 fully saturated rings. The molecule has 0 amide bonds. The molecular formula is C14H9BrN4O. The van der Waals surface area contributed by atoms with Gasteiger partial charge in [-0.05, 0) is 36.8 Å². The third-order valence-electron chi connectivity index (χ3n) is 2.90. The smallest absolute Gasteiger partial charge is 0.274 e. The van der Waals surface area contributed by atoms with E-state index in [-0.39, 0.29) is 0 Å². The van der Waals surface area contributed by atoms with Crippen LogP contribution in [0.4, 0.5) is 0 Å². The third kappa shape index (κ3) is 2.24. The Balaban J connectivity index is 2.00. The lowest BCUT2D eigenvalue weighted by Crippen LogP contribution is -1.85. The Morgan fingerprint density at radius 3 is 2.90 bits per heavy atom. The van der Waals surface area contributed by atoms with E-state index >= 15 is 0 Å². The number of hydrogen-bond acceptors (Lipinski definition) is 4. The number of hydrogen-bond donors (Lipinski definition) is 1. The van der Waals surface area contributed by atoms with Crippen LogP contribution in [-0.2, 0) is 0 Å². The first-order valence-corrected chi connectivity index (χ1v) is 6.66. The van der Waals surface area contributed by atoms with Crippen molar-refractivity contribution >= 4 is 15.9 Å². The Morgan fingerprint density at radius 1 is 1.35 bits per heavy atom. The molecule has 0 radical (unpaired) electrons. The molecule has 1 N–H and O–H groups in total. The van der Waals surface area contributed by atoms with E-state index in [1.807, 2.05) is 31.2 Å². The zero-order valence-electron chi connectivity index (χ0n) is 10.5. The lowest BCUT2D eigenvalue weighted by atomic mass is 10.1. The number of benzene rings is 1. The van der Waals surface area contributed by atoms with E-state index in [0.717, 1.165) is 15.6 Å². The number of nitriles is 1. The van der Waals surface area contributed by atoms with Crippen LogP contribution >= 0.6 is 15.9 Å². The van der Waals surface area contributed by atoms with Crippen LogP contribution < -0.4 is 0 Å². The van der Waals surface area contributed by atoms with Crippen LogP contribution in [0, 0.1) is 18.3 Å². The summed E-state index contributed by atoms with van der Waals surface area (Å²) in [7, 11) is 0. The summed E-state index contributed by atoms with van der Waals surface area (Å²) in [6.07, 6.45) is 1.60. The molecule has 0 aliphatic rings. The van der Waals surface area contributed by atoms with Gasteiger partial charge in [-0.3, -0.25) is 0 Å². The van der Waals surface area contributed by atoms with Gasteiger partial charge in [-0.25, -0.2) is 0 Å². The minimum Gasteiger partial charge on any atom is -0.356 e. The fourth-order valence-electron chi connectivity index (χ4n) is 1.90. The molecule has 0 aliphatic carbocycles. The molecule has 6 heteroatoms. The molecule has 3 aromatic rings. The predicted octanol–water partition coefficient (Wildman–Crippen LogP) is 3.67. The SMILES string of the molecule is Cc1cc(Br)ccc1-c1noc(-c2cc(C#N)c[nH]2)n1. The van der Waals surface area contributed by atoms with Gasteiger partial charge in [0.15, 0.2) is 0 Å². The van der Waals surface area contributed by atoms with Crippen molar-refractivity contribution in [2.24, 2.45) is 0 Å². The molecule has 2 heterocycles. The largest absolute Gasteiger partial charge is 0.356 e. The summed E-state index contributed by atoms with van der Waals surface area (Å²) < 4.78 is 6.24. The third-order valence-corrected chi connectivity index (χ3v) is 3.39. The van der Waals surface area contributed by atoms with Gasteiger partial charge in [-0.1, -0.05) is 21.1 Å². The zero-order valence-corrected chi connectivity index (χ0v) is 12.1. The first-order valence-electron chi connectivity index (χ1n) is 5.86. The minimum absolute atomic E-state index is 0.365. The second-order valence-electron chi connectivity index (χ2n) is 4.30. The first-order chi connectivity index (χ1) is 9.67. The highest BCUT2D eigenvalue weighted by Crippen LogP contribution is 2.26. The van der Waals surface area contributed by atoms with Gasteiger partial charge < -0.3 is 9.51 Å². The summed E-state index contributed by atoms with van der Waals surface area (Å²) in [4.78, 5) is 7.29. The maximum absolute atomic E-state index is 8.80. The van der Waals surface area contributed by atoms with E-state index < -0.39 is 0 Å². The van der Waals surface area contributed by atoms with E-state index in [2.05, 4.69) is 31.1 Å². The molecule has 98 valence electrons. The van der Waals surface area contributed by atoms with E-state index in [0.29, 0.717) is 23.0 Å². The van der Waals surface area contributed by atoms with Crippen molar-refractivity contribution in [2.75, 3.05) is 0 Å². The highest BCUT2D eigenvalue weighted by atomic mass is 79.9. The Morgan fingerprint density at radius 2 is 2.20 bits per heavy atom. The molecule has 2 aromatic heterocycles. The van der Waals surface area contributed by atoms with Gasteiger partial charge in [0.05, 0.1) is 5.56 Å². The van der Waals surface area contributed by atoms with Crippen LogP contribution in [0.3, 0.4) is 0 Å². The van der Waals surface area contributed by atoms with Crippen LogP contribution in [0.5, 0.6) is 0 Å². The van der Waals surface area contributed by atoms with Crippen LogP contribution in [0.1, 0.15) is 11.1 Å². The van der Waals surface area contributed by atoms with Gasteiger partial charge in [-0.15, -0.1) is 0 Å². The highest BCUT2D eigenvalue weighted by molar-refractivity contribution is 9.10. The lowest BCUT2D eigenvalue weighted by molar-refractivity contribution is 0.431. The molecule has 1 aromatic carbocycles. The summed E-state index contributed by atoms with van der Waals surface area (Å²) in [5.74, 6) is 0.891. The predicted molar refractivity (Wildman–Crippen MR) is 76.7 cm³/mol. The molecule has 0 spiro atoms. The summed E-state index contributed by atoms with van der Waals surface area (Å²) in [5, 5.41) is 12.8. The number of halogens is 1. The van der Waals surface area contributed by atoms with Gasteiger partial charge in [-0.2, -0.15) is 10.2 Å².